The summed E-state index contributed by atoms with van der Waals surface area (Å²) in [4.78, 5) is 17.2. The lowest BCUT2D eigenvalue weighted by Crippen LogP contribution is -2.48. The van der Waals surface area contributed by atoms with Crippen molar-refractivity contribution in [3.8, 4) is 22.6 Å². The molecule has 1 unspecified atom stereocenters. The van der Waals surface area contributed by atoms with Gasteiger partial charge in [0.15, 0.2) is 11.5 Å². The molecule has 0 radical (unpaired) electrons. The van der Waals surface area contributed by atoms with Crippen LogP contribution < -0.4 is 9.47 Å². The highest BCUT2D eigenvalue weighted by Gasteiger charge is 2.40. The molecule has 0 N–H and O–H groups in total. The molecular weight excluding hydrogens is 352 g/mol. The minimum atomic E-state index is 0.0292. The molecule has 2 aromatic carbocycles. The summed E-state index contributed by atoms with van der Waals surface area (Å²) in [5.41, 5.74) is 6.00. The first kappa shape index (κ1) is 18.7. The van der Waals surface area contributed by atoms with Crippen molar-refractivity contribution in [2.45, 2.75) is 32.7 Å². The van der Waals surface area contributed by atoms with E-state index in [0.29, 0.717) is 0 Å². The van der Waals surface area contributed by atoms with Gasteiger partial charge in [0, 0.05) is 25.2 Å². The van der Waals surface area contributed by atoms with Gasteiger partial charge in [0.05, 0.1) is 20.3 Å². The zero-order chi connectivity index (χ0) is 19.8. The van der Waals surface area contributed by atoms with Gasteiger partial charge in [-0.1, -0.05) is 24.3 Å². The largest absolute Gasteiger partial charge is 0.493 e. The van der Waals surface area contributed by atoms with Crippen LogP contribution in [0.1, 0.15) is 36.6 Å². The van der Waals surface area contributed by atoms with E-state index in [1.165, 1.54) is 22.3 Å². The van der Waals surface area contributed by atoms with E-state index >= 15 is 0 Å². The lowest BCUT2D eigenvalue weighted by Gasteiger charge is -2.43. The standard InChI is InChI=1S/C23H28N2O3/c1-5-24(6-2)23(26)25-12-11-16-14-19(27-3)22(28-4)21-17-10-8-7-9-15(17)13-18(25)20(16)21/h7-10,14,18H,5-6,11-13H2,1-4H3. The maximum atomic E-state index is 13.3. The number of hydrogen-bond acceptors (Lipinski definition) is 3. The second kappa shape index (κ2) is 7.38. The van der Waals surface area contributed by atoms with Gasteiger partial charge in [-0.3, -0.25) is 0 Å². The lowest BCUT2D eigenvalue weighted by molar-refractivity contribution is 0.131. The van der Waals surface area contributed by atoms with E-state index in [1.54, 1.807) is 14.2 Å². The predicted molar refractivity (Wildman–Crippen MR) is 110 cm³/mol. The van der Waals surface area contributed by atoms with Crippen LogP contribution in [0.2, 0.25) is 0 Å². The van der Waals surface area contributed by atoms with Crippen LogP contribution >= 0.6 is 0 Å². The molecule has 2 aromatic rings. The van der Waals surface area contributed by atoms with Gasteiger partial charge in [0.1, 0.15) is 0 Å². The van der Waals surface area contributed by atoms with Crippen LogP contribution in [-0.2, 0) is 12.8 Å². The Kier molecular flexibility index (Phi) is 4.92. The molecule has 0 saturated heterocycles. The third kappa shape index (κ3) is 2.72. The van der Waals surface area contributed by atoms with E-state index in [2.05, 4.69) is 35.2 Å². The van der Waals surface area contributed by atoms with Gasteiger partial charge in [-0.2, -0.15) is 0 Å². The average molecular weight is 380 g/mol. The molecule has 2 amide bonds. The average Bonchev–Trinajstić information content (AvgIpc) is 2.74. The van der Waals surface area contributed by atoms with Crippen molar-refractivity contribution in [3.05, 3.63) is 47.0 Å². The second-order valence-corrected chi connectivity index (χ2v) is 7.34. The molecule has 1 aliphatic carbocycles. The lowest BCUT2D eigenvalue weighted by atomic mass is 9.76. The number of amides is 2. The normalized spacial score (nSPS) is 16.9. The number of nitrogens with zero attached hydrogens (tertiary/aromatic N) is 2. The van der Waals surface area contributed by atoms with Crippen LogP contribution in [0, 0.1) is 0 Å². The molecule has 28 heavy (non-hydrogen) atoms. The molecule has 2 aliphatic rings. The summed E-state index contributed by atoms with van der Waals surface area (Å²) in [6.07, 6.45) is 1.66. The van der Waals surface area contributed by atoms with Crippen molar-refractivity contribution in [1.29, 1.82) is 0 Å². The molecule has 1 aliphatic heterocycles. The van der Waals surface area contributed by atoms with Crippen LogP contribution in [0.4, 0.5) is 4.79 Å². The van der Waals surface area contributed by atoms with Crippen LogP contribution in [0.15, 0.2) is 30.3 Å². The van der Waals surface area contributed by atoms with Crippen molar-refractivity contribution in [3.63, 3.8) is 0 Å². The molecular formula is C23H28N2O3. The Bertz CT molecular complexity index is 905. The van der Waals surface area contributed by atoms with Crippen LogP contribution in [-0.4, -0.2) is 49.7 Å². The topological polar surface area (TPSA) is 42.0 Å². The van der Waals surface area contributed by atoms with Crippen molar-refractivity contribution >= 4 is 6.03 Å². The van der Waals surface area contributed by atoms with E-state index in [4.69, 9.17) is 9.47 Å². The molecule has 4 rings (SSSR count). The highest BCUT2D eigenvalue weighted by Crippen LogP contribution is 2.52. The Morgan fingerprint density at radius 2 is 1.89 bits per heavy atom. The number of carbonyl (C=O) groups excluding carboxylic acids is 1. The molecule has 0 spiro atoms. The Hall–Kier alpha value is -2.69. The molecule has 0 fully saturated rings. The summed E-state index contributed by atoms with van der Waals surface area (Å²) >= 11 is 0. The number of benzene rings is 2. The first-order valence-electron chi connectivity index (χ1n) is 10.1. The number of fused-ring (bicyclic) bond motifs is 2. The van der Waals surface area contributed by atoms with Gasteiger partial charge in [-0.15, -0.1) is 0 Å². The Morgan fingerprint density at radius 1 is 1.14 bits per heavy atom. The summed E-state index contributed by atoms with van der Waals surface area (Å²) in [6.45, 7) is 6.25. The quantitative estimate of drug-likeness (QED) is 0.795. The fourth-order valence-electron chi connectivity index (χ4n) is 4.74. The van der Waals surface area contributed by atoms with E-state index in [9.17, 15) is 4.79 Å². The fraction of sp³-hybridized carbons (Fsp3) is 0.435. The summed E-state index contributed by atoms with van der Waals surface area (Å²) < 4.78 is 11.5. The van der Waals surface area contributed by atoms with E-state index in [1.807, 2.05) is 18.7 Å². The van der Waals surface area contributed by atoms with Gasteiger partial charge in [-0.05, 0) is 55.0 Å². The molecule has 148 valence electrons. The van der Waals surface area contributed by atoms with E-state index < -0.39 is 0 Å². The van der Waals surface area contributed by atoms with E-state index in [0.717, 1.165) is 49.5 Å². The maximum Gasteiger partial charge on any atom is 0.320 e. The SMILES string of the molecule is CCN(CC)C(=O)N1CCc2cc(OC)c(OC)c3c2C1Cc1ccccc1-3. The van der Waals surface area contributed by atoms with Gasteiger partial charge < -0.3 is 19.3 Å². The molecule has 0 saturated carbocycles. The third-order valence-electron chi connectivity index (χ3n) is 6.11. The maximum absolute atomic E-state index is 13.3. The monoisotopic (exact) mass is 380 g/mol. The number of rotatable bonds is 4. The van der Waals surface area contributed by atoms with Crippen LogP contribution in [0.5, 0.6) is 11.5 Å². The van der Waals surface area contributed by atoms with Crippen LogP contribution in [0.3, 0.4) is 0 Å². The molecule has 5 nitrogen and oxygen atoms in total. The zero-order valence-corrected chi connectivity index (χ0v) is 17.1. The predicted octanol–water partition coefficient (Wildman–Crippen LogP) is 4.29. The molecule has 0 aromatic heterocycles. The number of hydrogen-bond donors (Lipinski definition) is 0. The van der Waals surface area contributed by atoms with Crippen LogP contribution in [0.25, 0.3) is 11.1 Å². The Morgan fingerprint density at radius 3 is 2.57 bits per heavy atom. The summed E-state index contributed by atoms with van der Waals surface area (Å²) in [5.74, 6) is 1.52. The number of methoxy groups -OCH3 is 2. The summed E-state index contributed by atoms with van der Waals surface area (Å²) in [7, 11) is 3.37. The first-order valence-corrected chi connectivity index (χ1v) is 10.1. The van der Waals surface area contributed by atoms with Crippen molar-refractivity contribution < 1.29 is 14.3 Å². The van der Waals surface area contributed by atoms with Crippen molar-refractivity contribution in [2.75, 3.05) is 33.9 Å². The Labute approximate surface area is 166 Å². The van der Waals surface area contributed by atoms with Gasteiger partial charge in [0.2, 0.25) is 0 Å². The number of carbonyl (C=O) groups is 1. The fourth-order valence-corrected chi connectivity index (χ4v) is 4.74. The Balaban J connectivity index is 1.92. The third-order valence-corrected chi connectivity index (χ3v) is 6.11. The van der Waals surface area contributed by atoms with Gasteiger partial charge in [-0.25, -0.2) is 4.79 Å². The highest BCUT2D eigenvalue weighted by atomic mass is 16.5. The summed E-state index contributed by atoms with van der Waals surface area (Å²) in [5, 5.41) is 0. The summed E-state index contributed by atoms with van der Waals surface area (Å²) in [6, 6.07) is 10.7. The highest BCUT2D eigenvalue weighted by molar-refractivity contribution is 5.85. The first-order chi connectivity index (χ1) is 13.6. The number of ether oxygens (including phenoxy) is 2. The molecule has 5 heteroatoms. The van der Waals surface area contributed by atoms with E-state index in [-0.39, 0.29) is 12.1 Å². The zero-order valence-electron chi connectivity index (χ0n) is 17.1. The van der Waals surface area contributed by atoms with Crippen molar-refractivity contribution in [1.82, 2.24) is 9.80 Å². The smallest absolute Gasteiger partial charge is 0.320 e. The number of urea groups is 1. The molecule has 1 heterocycles. The minimum Gasteiger partial charge on any atom is -0.493 e. The molecule has 0 bridgehead atoms. The van der Waals surface area contributed by atoms with Gasteiger partial charge in [0.25, 0.3) is 0 Å². The second-order valence-electron chi connectivity index (χ2n) is 7.34. The van der Waals surface area contributed by atoms with Crippen molar-refractivity contribution in [2.24, 2.45) is 0 Å². The molecule has 1 atom stereocenters. The van der Waals surface area contributed by atoms with Gasteiger partial charge >= 0.3 is 6.03 Å². The minimum absolute atomic E-state index is 0.0292.